The third-order valence-corrected chi connectivity index (χ3v) is 9.16. The van der Waals surface area contributed by atoms with E-state index in [0.717, 1.165) is 55.7 Å². The molecule has 0 aliphatic carbocycles. The molecule has 2 fully saturated rings. The highest BCUT2D eigenvalue weighted by Gasteiger charge is 2.28. The van der Waals surface area contributed by atoms with Crippen LogP contribution in [0.1, 0.15) is 41.7 Å². The summed E-state index contributed by atoms with van der Waals surface area (Å²) in [6, 6.07) is 19.7. The lowest BCUT2D eigenvalue weighted by molar-refractivity contribution is -0.123. The van der Waals surface area contributed by atoms with Crippen LogP contribution in [0.5, 0.6) is 0 Å². The van der Waals surface area contributed by atoms with Crippen LogP contribution in [0.25, 0.3) is 11.1 Å². The van der Waals surface area contributed by atoms with Crippen molar-refractivity contribution < 1.29 is 19.1 Å². The van der Waals surface area contributed by atoms with Gasteiger partial charge in [-0.05, 0) is 66.8 Å². The first-order valence-electron chi connectivity index (χ1n) is 15.3. The zero-order valence-corrected chi connectivity index (χ0v) is 26.9. The van der Waals surface area contributed by atoms with Crippen molar-refractivity contribution in [3.8, 4) is 11.1 Å². The summed E-state index contributed by atoms with van der Waals surface area (Å²) in [7, 11) is 0. The number of likely N-dealkylation sites (tertiary alicyclic amines) is 1. The van der Waals surface area contributed by atoms with Crippen molar-refractivity contribution in [3.63, 3.8) is 0 Å². The number of hydrogen-bond acceptors (Lipinski definition) is 6. The second-order valence-corrected chi connectivity index (χ2v) is 12.4. The molecule has 2 aliphatic rings. The summed E-state index contributed by atoms with van der Waals surface area (Å²) < 4.78 is 5.54. The number of rotatable bonds is 11. The first kappa shape index (κ1) is 32.8. The molecule has 2 heterocycles. The Labute approximate surface area is 274 Å². The number of hydrogen-bond donors (Lipinski definition) is 2. The summed E-state index contributed by atoms with van der Waals surface area (Å²) in [6.07, 6.45) is 2.10. The lowest BCUT2D eigenvalue weighted by atomic mass is 9.98. The molecule has 2 aliphatic heterocycles. The maximum atomic E-state index is 13.8. The number of benzene rings is 3. The molecule has 9 nitrogen and oxygen atoms in total. The van der Waals surface area contributed by atoms with Crippen LogP contribution in [0.15, 0.2) is 66.7 Å². The van der Waals surface area contributed by atoms with E-state index in [9.17, 15) is 14.4 Å². The van der Waals surface area contributed by atoms with Crippen LogP contribution in [0.4, 0.5) is 5.69 Å². The number of primary amides is 1. The Morgan fingerprint density at radius 3 is 2.29 bits per heavy atom. The van der Waals surface area contributed by atoms with Gasteiger partial charge < -0.3 is 25.6 Å². The Bertz CT molecular complexity index is 1510. The molecule has 238 valence electrons. The average Bonchev–Trinajstić information content (AvgIpc) is 3.60. The minimum absolute atomic E-state index is 0.0691. The number of carbonyl (C=O) groups excluding carboxylic acids is 3. The van der Waals surface area contributed by atoms with E-state index in [1.807, 2.05) is 53.4 Å². The summed E-state index contributed by atoms with van der Waals surface area (Å²) in [5.41, 5.74) is 9.68. The predicted octanol–water partition coefficient (Wildman–Crippen LogP) is 4.77. The number of nitrogens with one attached hydrogen (secondary N) is 1. The molecular weight excluding hydrogens is 613 g/mol. The summed E-state index contributed by atoms with van der Waals surface area (Å²) >= 11 is 12.4. The van der Waals surface area contributed by atoms with Crippen molar-refractivity contribution in [1.82, 2.24) is 15.1 Å². The number of halogens is 2. The molecule has 3 aromatic rings. The maximum absolute atomic E-state index is 13.8. The van der Waals surface area contributed by atoms with E-state index < -0.39 is 11.9 Å². The summed E-state index contributed by atoms with van der Waals surface area (Å²) in [4.78, 5) is 44.5. The molecule has 45 heavy (non-hydrogen) atoms. The van der Waals surface area contributed by atoms with Crippen LogP contribution in [0.3, 0.4) is 0 Å². The van der Waals surface area contributed by atoms with Gasteiger partial charge in [-0.1, -0.05) is 59.6 Å². The predicted molar refractivity (Wildman–Crippen MR) is 178 cm³/mol. The number of anilines is 1. The highest BCUT2D eigenvalue weighted by atomic mass is 35.5. The molecule has 2 atom stereocenters. The van der Waals surface area contributed by atoms with Crippen LogP contribution < -0.4 is 16.0 Å². The Balaban J connectivity index is 1.36. The van der Waals surface area contributed by atoms with Gasteiger partial charge in [0.2, 0.25) is 11.8 Å². The normalized spacial score (nSPS) is 16.6. The molecule has 5 rings (SSSR count). The maximum Gasteiger partial charge on any atom is 0.253 e. The highest BCUT2D eigenvalue weighted by molar-refractivity contribution is 6.42. The molecular formula is C34H39Cl2N5O4. The van der Waals surface area contributed by atoms with E-state index in [0.29, 0.717) is 41.1 Å². The summed E-state index contributed by atoms with van der Waals surface area (Å²) in [5.74, 6) is -0.773. The van der Waals surface area contributed by atoms with Crippen molar-refractivity contribution in [2.24, 2.45) is 5.73 Å². The smallest absolute Gasteiger partial charge is 0.253 e. The van der Waals surface area contributed by atoms with E-state index in [1.165, 1.54) is 0 Å². The molecule has 0 radical (unpaired) electrons. The van der Waals surface area contributed by atoms with E-state index >= 15 is 0 Å². The standard InChI is InChI=1S/C34H39Cl2N5O4/c1-23(41(22-32(37)42)28-11-12-29(35)30(36)20-28)33(43)38-31(21-39-15-17-45-18-16-39)25-9-7-24(8-10-25)26-5-4-6-27(19-26)34(44)40-13-2-3-14-40/h4-12,19-20,23,31H,2-3,13-18,21-22H2,1H3,(H2,37,42)(H,38,43). The minimum atomic E-state index is -0.739. The number of amides is 3. The molecule has 0 spiro atoms. The molecule has 11 heteroatoms. The van der Waals surface area contributed by atoms with Gasteiger partial charge in [-0.2, -0.15) is 0 Å². The van der Waals surface area contributed by atoms with E-state index in [2.05, 4.69) is 10.2 Å². The van der Waals surface area contributed by atoms with Crippen molar-refractivity contribution in [2.75, 3.05) is 57.4 Å². The number of nitrogens with two attached hydrogens (primary N) is 1. The van der Waals surface area contributed by atoms with Gasteiger partial charge in [-0.15, -0.1) is 0 Å². The lowest BCUT2D eigenvalue weighted by Crippen LogP contribution is -2.51. The van der Waals surface area contributed by atoms with Gasteiger partial charge in [0.25, 0.3) is 5.91 Å². The van der Waals surface area contributed by atoms with Gasteiger partial charge in [0.05, 0.1) is 35.8 Å². The summed E-state index contributed by atoms with van der Waals surface area (Å²) in [5, 5.41) is 3.90. The fraction of sp³-hybridized carbons (Fsp3) is 0.382. The molecule has 3 amide bonds. The Kier molecular flexibility index (Phi) is 11.0. The van der Waals surface area contributed by atoms with Crippen molar-refractivity contribution >= 4 is 46.6 Å². The number of morpholine rings is 1. The fourth-order valence-corrected chi connectivity index (χ4v) is 6.13. The first-order chi connectivity index (χ1) is 21.7. The quantitative estimate of drug-likeness (QED) is 0.309. The van der Waals surface area contributed by atoms with Gasteiger partial charge in [-0.3, -0.25) is 19.3 Å². The van der Waals surface area contributed by atoms with Crippen LogP contribution in [0, 0.1) is 0 Å². The van der Waals surface area contributed by atoms with E-state index in [-0.39, 0.29) is 24.4 Å². The second-order valence-electron chi connectivity index (χ2n) is 11.5. The van der Waals surface area contributed by atoms with E-state index in [4.69, 9.17) is 33.7 Å². The lowest BCUT2D eigenvalue weighted by Gasteiger charge is -2.34. The zero-order valence-electron chi connectivity index (χ0n) is 25.4. The Morgan fingerprint density at radius 2 is 1.62 bits per heavy atom. The molecule has 3 aromatic carbocycles. The van der Waals surface area contributed by atoms with Crippen LogP contribution in [-0.4, -0.2) is 86.0 Å². The average molecular weight is 653 g/mol. The number of carbonyl (C=O) groups is 3. The fourth-order valence-electron chi connectivity index (χ4n) is 5.84. The zero-order chi connectivity index (χ0) is 31.9. The molecule has 0 bridgehead atoms. The SMILES string of the molecule is CC(C(=O)NC(CN1CCOCC1)c1ccc(-c2cccc(C(=O)N3CCCC3)c2)cc1)N(CC(N)=O)c1ccc(Cl)c(Cl)c1. The Hall–Kier alpha value is -3.63. The topological polar surface area (TPSA) is 108 Å². The van der Waals surface area contributed by atoms with Gasteiger partial charge in [0, 0.05) is 44.0 Å². The summed E-state index contributed by atoms with van der Waals surface area (Å²) in [6.45, 7) is 6.54. The second kappa shape index (κ2) is 15.1. The molecule has 0 aromatic heterocycles. The van der Waals surface area contributed by atoms with Crippen molar-refractivity contribution in [3.05, 3.63) is 87.9 Å². The minimum Gasteiger partial charge on any atom is -0.379 e. The third-order valence-electron chi connectivity index (χ3n) is 8.42. The molecule has 2 unspecified atom stereocenters. The number of ether oxygens (including phenoxy) is 1. The molecule has 3 N–H and O–H groups in total. The molecule has 0 saturated carbocycles. The van der Waals surface area contributed by atoms with Crippen molar-refractivity contribution in [1.29, 1.82) is 0 Å². The Morgan fingerprint density at radius 1 is 0.911 bits per heavy atom. The monoisotopic (exact) mass is 651 g/mol. The van der Waals surface area contributed by atoms with Crippen molar-refractivity contribution in [2.45, 2.75) is 31.8 Å². The van der Waals surface area contributed by atoms with Crippen LogP contribution in [0.2, 0.25) is 10.0 Å². The van der Waals surface area contributed by atoms with Gasteiger partial charge in [0.15, 0.2) is 0 Å². The van der Waals surface area contributed by atoms with E-state index in [1.54, 1.807) is 30.0 Å². The van der Waals surface area contributed by atoms with Crippen LogP contribution in [-0.2, 0) is 14.3 Å². The first-order valence-corrected chi connectivity index (χ1v) is 16.1. The van der Waals surface area contributed by atoms with Crippen LogP contribution >= 0.6 is 23.2 Å². The van der Waals surface area contributed by atoms with Gasteiger partial charge in [0.1, 0.15) is 6.04 Å². The van der Waals surface area contributed by atoms with Gasteiger partial charge in [-0.25, -0.2) is 0 Å². The molecule has 2 saturated heterocycles. The number of nitrogens with zero attached hydrogens (tertiary/aromatic N) is 3. The third kappa shape index (κ3) is 8.35. The largest absolute Gasteiger partial charge is 0.379 e. The van der Waals surface area contributed by atoms with Gasteiger partial charge >= 0.3 is 0 Å². The highest BCUT2D eigenvalue weighted by Crippen LogP contribution is 2.29.